The zero-order chi connectivity index (χ0) is 14.8. The maximum Gasteiger partial charge on any atom is 0.419 e. The number of halogens is 3. The Morgan fingerprint density at radius 1 is 1.35 bits per heavy atom. The van der Waals surface area contributed by atoms with Crippen LogP contribution in [0.2, 0.25) is 0 Å². The molecule has 110 valence electrons. The van der Waals surface area contributed by atoms with E-state index in [1.54, 1.807) is 0 Å². The van der Waals surface area contributed by atoms with E-state index < -0.39 is 11.7 Å². The van der Waals surface area contributed by atoms with E-state index in [0.717, 1.165) is 12.3 Å². The van der Waals surface area contributed by atoms with Gasteiger partial charge in [-0.1, -0.05) is 0 Å². The Labute approximate surface area is 113 Å². The number of rotatable bonds is 2. The number of hydrogen-bond donors (Lipinski definition) is 2. The highest BCUT2D eigenvalue weighted by Gasteiger charge is 2.33. The largest absolute Gasteiger partial charge is 0.419 e. The molecular weight excluding hydrogens is 273 g/mol. The number of piperidine rings is 1. The van der Waals surface area contributed by atoms with Crippen molar-refractivity contribution in [2.45, 2.75) is 19.0 Å². The van der Waals surface area contributed by atoms with E-state index in [0.29, 0.717) is 31.7 Å². The van der Waals surface area contributed by atoms with Gasteiger partial charge in [-0.3, -0.25) is 15.1 Å². The van der Waals surface area contributed by atoms with Gasteiger partial charge in [0.2, 0.25) is 5.91 Å². The summed E-state index contributed by atoms with van der Waals surface area (Å²) in [4.78, 5) is 15.9. The van der Waals surface area contributed by atoms with Gasteiger partial charge in [-0.2, -0.15) is 13.2 Å². The van der Waals surface area contributed by atoms with Crippen molar-refractivity contribution in [2.75, 3.05) is 18.0 Å². The van der Waals surface area contributed by atoms with Gasteiger partial charge in [0.1, 0.15) is 6.20 Å². The fourth-order valence-electron chi connectivity index (χ4n) is 2.29. The predicted octanol–water partition coefficient (Wildman–Crippen LogP) is 0.726. The minimum Gasteiger partial charge on any atom is -0.294 e. The summed E-state index contributed by atoms with van der Waals surface area (Å²) >= 11 is 0. The number of nitrogens with two attached hydrogens (primary N) is 1. The maximum absolute atomic E-state index is 12.5. The summed E-state index contributed by atoms with van der Waals surface area (Å²) in [6, 6.07) is 2.46. The number of pyridine rings is 1. The van der Waals surface area contributed by atoms with Crippen molar-refractivity contribution in [1.82, 2.24) is 5.43 Å². The van der Waals surface area contributed by atoms with Crippen molar-refractivity contribution in [2.24, 2.45) is 11.8 Å². The van der Waals surface area contributed by atoms with E-state index in [4.69, 9.17) is 5.84 Å². The van der Waals surface area contributed by atoms with Gasteiger partial charge in [-0.15, -0.1) is 0 Å². The molecule has 1 aromatic heterocycles. The zero-order valence-corrected chi connectivity index (χ0v) is 10.7. The molecule has 1 amide bonds. The Hall–Kier alpha value is -1.83. The van der Waals surface area contributed by atoms with Crippen LogP contribution in [-0.2, 0) is 11.0 Å². The summed E-state index contributed by atoms with van der Waals surface area (Å²) in [5.74, 6) is 5.37. The SMILES string of the molecule is NNC(=O)C1CCN(c2ccc(C(F)(F)F)c[nH+]2)CC1. The van der Waals surface area contributed by atoms with Crippen molar-refractivity contribution in [3.8, 4) is 0 Å². The number of hydrogen-bond acceptors (Lipinski definition) is 3. The highest BCUT2D eigenvalue weighted by molar-refractivity contribution is 5.78. The van der Waals surface area contributed by atoms with Gasteiger partial charge in [0, 0.05) is 12.0 Å². The van der Waals surface area contributed by atoms with Gasteiger partial charge in [-0.25, -0.2) is 10.8 Å². The molecule has 4 N–H and O–H groups in total. The van der Waals surface area contributed by atoms with Crippen LogP contribution < -0.4 is 21.2 Å². The molecule has 0 aromatic carbocycles. The lowest BCUT2D eigenvalue weighted by Gasteiger charge is -2.26. The zero-order valence-electron chi connectivity index (χ0n) is 10.7. The number of aromatic nitrogens is 1. The van der Waals surface area contributed by atoms with Crippen molar-refractivity contribution < 1.29 is 22.9 Å². The summed E-state index contributed by atoms with van der Waals surface area (Å²) in [7, 11) is 0. The highest BCUT2D eigenvalue weighted by atomic mass is 19.4. The van der Waals surface area contributed by atoms with Crippen molar-refractivity contribution in [1.29, 1.82) is 0 Å². The van der Waals surface area contributed by atoms with Crippen LogP contribution in [0, 0.1) is 5.92 Å². The van der Waals surface area contributed by atoms with Crippen LogP contribution in [0.5, 0.6) is 0 Å². The number of H-pyrrole nitrogens is 1. The predicted molar refractivity (Wildman–Crippen MR) is 65.3 cm³/mol. The molecule has 2 heterocycles. The second-order valence-corrected chi connectivity index (χ2v) is 4.73. The molecule has 1 saturated heterocycles. The topological polar surface area (TPSA) is 72.5 Å². The Bertz CT molecular complexity index is 467. The highest BCUT2D eigenvalue weighted by Crippen LogP contribution is 2.29. The van der Waals surface area contributed by atoms with E-state index >= 15 is 0 Å². The van der Waals surface area contributed by atoms with Gasteiger partial charge < -0.3 is 0 Å². The van der Waals surface area contributed by atoms with Crippen LogP contribution in [0.3, 0.4) is 0 Å². The molecule has 0 aliphatic carbocycles. The molecule has 1 aliphatic heterocycles. The van der Waals surface area contributed by atoms with Gasteiger partial charge in [0.15, 0.2) is 0 Å². The molecule has 0 unspecified atom stereocenters. The van der Waals surface area contributed by atoms with Gasteiger partial charge in [-0.05, 0) is 18.9 Å². The molecule has 0 radical (unpaired) electrons. The second kappa shape index (κ2) is 5.66. The summed E-state index contributed by atoms with van der Waals surface area (Å²) in [6.07, 6.45) is -2.15. The van der Waals surface area contributed by atoms with E-state index in [9.17, 15) is 18.0 Å². The molecule has 2 rings (SSSR count). The molecular formula is C12H16F3N4O+. The van der Waals surface area contributed by atoms with Crippen LogP contribution in [-0.4, -0.2) is 19.0 Å². The first-order valence-electron chi connectivity index (χ1n) is 6.26. The number of amides is 1. The van der Waals surface area contributed by atoms with Crippen LogP contribution in [0.15, 0.2) is 18.3 Å². The van der Waals surface area contributed by atoms with Crippen molar-refractivity contribution in [3.05, 3.63) is 23.9 Å². The van der Waals surface area contributed by atoms with E-state index in [-0.39, 0.29) is 11.8 Å². The lowest BCUT2D eigenvalue weighted by atomic mass is 9.96. The molecule has 1 aromatic rings. The number of hydrazine groups is 1. The fourth-order valence-corrected chi connectivity index (χ4v) is 2.29. The summed E-state index contributed by atoms with van der Waals surface area (Å²) < 4.78 is 37.4. The lowest BCUT2D eigenvalue weighted by molar-refractivity contribution is -0.367. The summed E-state index contributed by atoms with van der Waals surface area (Å²) in [5, 5.41) is 0. The van der Waals surface area contributed by atoms with E-state index in [2.05, 4.69) is 10.4 Å². The fraction of sp³-hybridized carbons (Fsp3) is 0.500. The van der Waals surface area contributed by atoms with Crippen LogP contribution >= 0.6 is 0 Å². The molecule has 0 spiro atoms. The third-order valence-corrected chi connectivity index (χ3v) is 3.47. The summed E-state index contributed by atoms with van der Waals surface area (Å²) in [5.41, 5.74) is 1.41. The quantitative estimate of drug-likeness (QED) is 0.479. The first-order valence-corrected chi connectivity index (χ1v) is 6.26. The smallest absolute Gasteiger partial charge is 0.294 e. The molecule has 0 atom stereocenters. The average Bonchev–Trinajstić information content (AvgIpc) is 2.46. The maximum atomic E-state index is 12.5. The van der Waals surface area contributed by atoms with Crippen molar-refractivity contribution >= 4 is 11.7 Å². The molecule has 0 bridgehead atoms. The number of alkyl halides is 3. The lowest BCUT2D eigenvalue weighted by Crippen LogP contribution is -2.44. The second-order valence-electron chi connectivity index (χ2n) is 4.73. The van der Waals surface area contributed by atoms with Crippen LogP contribution in [0.1, 0.15) is 18.4 Å². The Morgan fingerprint density at radius 3 is 2.45 bits per heavy atom. The van der Waals surface area contributed by atoms with Crippen LogP contribution in [0.25, 0.3) is 0 Å². The third-order valence-electron chi connectivity index (χ3n) is 3.47. The van der Waals surface area contributed by atoms with E-state index in [1.165, 1.54) is 6.07 Å². The number of carbonyl (C=O) groups is 1. The third kappa shape index (κ3) is 3.19. The molecule has 20 heavy (non-hydrogen) atoms. The Kier molecular flexibility index (Phi) is 4.12. The monoisotopic (exact) mass is 289 g/mol. The Morgan fingerprint density at radius 2 is 2.00 bits per heavy atom. The normalized spacial score (nSPS) is 17.1. The van der Waals surface area contributed by atoms with Crippen molar-refractivity contribution in [3.63, 3.8) is 0 Å². The first-order chi connectivity index (χ1) is 9.41. The first kappa shape index (κ1) is 14.6. The Balaban J connectivity index is 1.99. The number of aromatic amines is 1. The average molecular weight is 289 g/mol. The minimum absolute atomic E-state index is 0.134. The molecule has 1 aliphatic rings. The number of nitrogens with zero attached hydrogens (tertiary/aromatic N) is 1. The standard InChI is InChI=1S/C12H15F3N4O/c13-12(14,15)9-1-2-10(17-7-9)19-5-3-8(4-6-19)11(20)18-16/h1-2,7-8H,3-6,16H2,(H,18,20)/p+1. The molecule has 5 nitrogen and oxygen atoms in total. The van der Waals surface area contributed by atoms with Gasteiger partial charge in [0.05, 0.1) is 18.7 Å². The van der Waals surface area contributed by atoms with Gasteiger partial charge in [0.25, 0.3) is 5.82 Å². The molecule has 8 heteroatoms. The van der Waals surface area contributed by atoms with E-state index in [1.807, 2.05) is 4.90 Å². The summed E-state index contributed by atoms with van der Waals surface area (Å²) in [6.45, 7) is 1.19. The molecule has 1 fully saturated rings. The minimum atomic E-state index is -4.35. The number of nitrogens with one attached hydrogen (secondary N) is 2. The van der Waals surface area contributed by atoms with Gasteiger partial charge >= 0.3 is 6.18 Å². The van der Waals surface area contributed by atoms with Crippen LogP contribution in [0.4, 0.5) is 19.0 Å². The number of carbonyl (C=O) groups excluding carboxylic acids is 1. The number of anilines is 1. The molecule has 0 saturated carbocycles.